The van der Waals surface area contributed by atoms with Crippen LogP contribution in [0.15, 0.2) is 0 Å². The molecule has 380 valence electrons. The quantitative estimate of drug-likeness (QED) is 0.0344. The van der Waals surface area contributed by atoms with E-state index in [1.54, 1.807) is 0 Å². The van der Waals surface area contributed by atoms with E-state index in [1.807, 2.05) is 0 Å². The van der Waals surface area contributed by atoms with Gasteiger partial charge in [0.05, 0.1) is 0 Å². The summed E-state index contributed by atoms with van der Waals surface area (Å²) in [6, 6.07) is 0. The van der Waals surface area contributed by atoms with Gasteiger partial charge < -0.3 is 14.2 Å². The molecule has 0 fully saturated rings. The zero-order chi connectivity index (χ0) is 46.7. The second-order valence-corrected chi connectivity index (χ2v) is 20.4. The summed E-state index contributed by atoms with van der Waals surface area (Å²) in [6.07, 6.45) is 56.6. The van der Waals surface area contributed by atoms with Gasteiger partial charge in [-0.1, -0.05) is 291 Å². The standard InChI is InChI=1S/C58H112O6/c1-5-7-9-11-13-15-17-19-26-29-33-37-41-45-49-56(59)62-52-55(64-58(61)51-47-43-39-35-31-24-18-16-14-12-10-8-6-2)53-63-57(60)50-46-42-38-34-30-27-23-21-20-22-25-28-32-36-40-44-48-54(3)4/h54-55H,5-53H2,1-4H3/t55-/m1/s1. The van der Waals surface area contributed by atoms with E-state index in [1.165, 1.54) is 225 Å². The van der Waals surface area contributed by atoms with Crippen LogP contribution >= 0.6 is 0 Å². The van der Waals surface area contributed by atoms with Crippen LogP contribution in [0.3, 0.4) is 0 Å². The molecule has 0 aliphatic rings. The molecule has 0 aromatic rings. The largest absolute Gasteiger partial charge is 0.462 e. The summed E-state index contributed by atoms with van der Waals surface area (Å²) in [7, 11) is 0. The third-order valence-electron chi connectivity index (χ3n) is 13.3. The van der Waals surface area contributed by atoms with Crippen molar-refractivity contribution >= 4 is 17.9 Å². The van der Waals surface area contributed by atoms with Crippen LogP contribution in [0.1, 0.15) is 329 Å². The molecule has 0 heterocycles. The maximum absolute atomic E-state index is 12.8. The highest BCUT2D eigenvalue weighted by atomic mass is 16.6. The average Bonchev–Trinajstić information content (AvgIpc) is 3.28. The number of esters is 3. The van der Waals surface area contributed by atoms with Crippen LogP contribution in [-0.4, -0.2) is 37.2 Å². The highest BCUT2D eigenvalue weighted by Gasteiger charge is 2.19. The minimum Gasteiger partial charge on any atom is -0.462 e. The molecule has 64 heavy (non-hydrogen) atoms. The Kier molecular flexibility index (Phi) is 51.1. The monoisotopic (exact) mass is 905 g/mol. The molecule has 0 amide bonds. The van der Waals surface area contributed by atoms with E-state index in [9.17, 15) is 14.4 Å². The number of carbonyl (C=O) groups is 3. The van der Waals surface area contributed by atoms with Crippen molar-refractivity contribution in [3.63, 3.8) is 0 Å². The summed E-state index contributed by atoms with van der Waals surface area (Å²) < 4.78 is 16.9. The van der Waals surface area contributed by atoms with Gasteiger partial charge in [0.2, 0.25) is 0 Å². The Bertz CT molecular complexity index is 964. The molecule has 0 rings (SSSR count). The Labute approximate surface area is 399 Å². The Morgan fingerprint density at radius 3 is 0.766 bits per heavy atom. The molecular formula is C58H112O6. The first-order valence-corrected chi connectivity index (χ1v) is 28.9. The lowest BCUT2D eigenvalue weighted by atomic mass is 10.0. The van der Waals surface area contributed by atoms with E-state index >= 15 is 0 Å². The summed E-state index contributed by atoms with van der Waals surface area (Å²) in [5.74, 6) is 0.0179. The smallest absolute Gasteiger partial charge is 0.306 e. The zero-order valence-electron chi connectivity index (χ0n) is 43.8. The fourth-order valence-corrected chi connectivity index (χ4v) is 8.92. The molecular weight excluding hydrogens is 793 g/mol. The number of hydrogen-bond acceptors (Lipinski definition) is 6. The lowest BCUT2D eigenvalue weighted by molar-refractivity contribution is -0.167. The number of hydrogen-bond donors (Lipinski definition) is 0. The second-order valence-electron chi connectivity index (χ2n) is 20.4. The Morgan fingerprint density at radius 1 is 0.297 bits per heavy atom. The molecule has 0 N–H and O–H groups in total. The molecule has 0 aliphatic carbocycles. The average molecular weight is 906 g/mol. The third-order valence-corrected chi connectivity index (χ3v) is 13.3. The van der Waals surface area contributed by atoms with Crippen LogP contribution in [-0.2, 0) is 28.6 Å². The third kappa shape index (κ3) is 51.4. The number of unbranched alkanes of at least 4 members (excludes halogenated alkanes) is 40. The predicted molar refractivity (Wildman–Crippen MR) is 275 cm³/mol. The maximum Gasteiger partial charge on any atom is 0.306 e. The van der Waals surface area contributed by atoms with Gasteiger partial charge in [-0.25, -0.2) is 0 Å². The van der Waals surface area contributed by atoms with Gasteiger partial charge in [-0.15, -0.1) is 0 Å². The molecule has 0 aromatic heterocycles. The van der Waals surface area contributed by atoms with Crippen LogP contribution in [0, 0.1) is 5.92 Å². The van der Waals surface area contributed by atoms with Crippen LogP contribution < -0.4 is 0 Å². The molecule has 0 saturated carbocycles. The molecule has 0 aliphatic heterocycles. The van der Waals surface area contributed by atoms with Gasteiger partial charge in [0, 0.05) is 19.3 Å². The van der Waals surface area contributed by atoms with Crippen LogP contribution in [0.2, 0.25) is 0 Å². The first kappa shape index (κ1) is 62.4. The van der Waals surface area contributed by atoms with Crippen molar-refractivity contribution in [3.05, 3.63) is 0 Å². The Balaban J connectivity index is 4.26. The van der Waals surface area contributed by atoms with E-state index in [0.717, 1.165) is 63.7 Å². The predicted octanol–water partition coefficient (Wildman–Crippen LogP) is 19.0. The van der Waals surface area contributed by atoms with E-state index in [0.29, 0.717) is 19.3 Å². The van der Waals surface area contributed by atoms with Crippen LogP contribution in [0.25, 0.3) is 0 Å². The fraction of sp³-hybridized carbons (Fsp3) is 0.948. The molecule has 0 aromatic carbocycles. The van der Waals surface area contributed by atoms with Crippen molar-refractivity contribution in [2.75, 3.05) is 13.2 Å². The van der Waals surface area contributed by atoms with Crippen molar-refractivity contribution in [3.8, 4) is 0 Å². The molecule has 0 saturated heterocycles. The molecule has 0 spiro atoms. The van der Waals surface area contributed by atoms with Crippen LogP contribution in [0.4, 0.5) is 0 Å². The Morgan fingerprint density at radius 2 is 0.516 bits per heavy atom. The first-order chi connectivity index (χ1) is 31.4. The molecule has 1 atom stereocenters. The van der Waals surface area contributed by atoms with Crippen LogP contribution in [0.5, 0.6) is 0 Å². The van der Waals surface area contributed by atoms with Gasteiger partial charge in [0.25, 0.3) is 0 Å². The van der Waals surface area contributed by atoms with Crippen molar-refractivity contribution in [1.82, 2.24) is 0 Å². The van der Waals surface area contributed by atoms with Crippen molar-refractivity contribution in [2.45, 2.75) is 336 Å². The number of ether oxygens (including phenoxy) is 3. The van der Waals surface area contributed by atoms with Crippen molar-refractivity contribution in [2.24, 2.45) is 5.92 Å². The van der Waals surface area contributed by atoms with E-state index < -0.39 is 6.10 Å². The summed E-state index contributed by atoms with van der Waals surface area (Å²) in [5.41, 5.74) is 0. The van der Waals surface area contributed by atoms with Gasteiger partial charge in [-0.2, -0.15) is 0 Å². The lowest BCUT2D eigenvalue weighted by Crippen LogP contribution is -2.30. The Hall–Kier alpha value is -1.59. The number of rotatable bonds is 53. The van der Waals surface area contributed by atoms with E-state index in [2.05, 4.69) is 27.7 Å². The highest BCUT2D eigenvalue weighted by molar-refractivity contribution is 5.71. The normalized spacial score (nSPS) is 12.0. The van der Waals surface area contributed by atoms with E-state index in [4.69, 9.17) is 14.2 Å². The minimum absolute atomic E-state index is 0.0618. The highest BCUT2D eigenvalue weighted by Crippen LogP contribution is 2.18. The molecule has 6 heteroatoms. The van der Waals surface area contributed by atoms with Crippen molar-refractivity contribution in [1.29, 1.82) is 0 Å². The SMILES string of the molecule is CCCCCCCCCCCCCCCCC(=O)OC[C@H](COC(=O)CCCCCCCCCCCCCCCCCCC(C)C)OC(=O)CCCCCCCCCCCCCCC. The van der Waals surface area contributed by atoms with E-state index in [-0.39, 0.29) is 31.1 Å². The summed E-state index contributed by atoms with van der Waals surface area (Å²) in [5, 5.41) is 0. The second kappa shape index (κ2) is 52.4. The summed E-state index contributed by atoms with van der Waals surface area (Å²) in [4.78, 5) is 38.1. The number of carbonyl (C=O) groups excluding carboxylic acids is 3. The summed E-state index contributed by atoms with van der Waals surface area (Å²) in [6.45, 7) is 9.07. The minimum atomic E-state index is -0.761. The van der Waals surface area contributed by atoms with Gasteiger partial charge in [-0.05, 0) is 25.2 Å². The zero-order valence-corrected chi connectivity index (χ0v) is 43.8. The molecule has 0 bridgehead atoms. The lowest BCUT2D eigenvalue weighted by Gasteiger charge is -2.18. The fourth-order valence-electron chi connectivity index (χ4n) is 8.92. The van der Waals surface area contributed by atoms with Gasteiger partial charge in [0.1, 0.15) is 13.2 Å². The topological polar surface area (TPSA) is 78.9 Å². The molecule has 0 unspecified atom stereocenters. The van der Waals surface area contributed by atoms with Gasteiger partial charge >= 0.3 is 17.9 Å². The summed E-state index contributed by atoms with van der Waals surface area (Å²) >= 11 is 0. The first-order valence-electron chi connectivity index (χ1n) is 28.9. The van der Waals surface area contributed by atoms with Gasteiger partial charge in [0.15, 0.2) is 6.10 Å². The maximum atomic E-state index is 12.8. The van der Waals surface area contributed by atoms with Gasteiger partial charge in [-0.3, -0.25) is 14.4 Å². The van der Waals surface area contributed by atoms with Crippen molar-refractivity contribution < 1.29 is 28.6 Å². The molecule has 6 nitrogen and oxygen atoms in total. The molecule has 0 radical (unpaired) electrons.